The second kappa shape index (κ2) is 2.60. The van der Waals surface area contributed by atoms with Gasteiger partial charge in [0.2, 0.25) is 0 Å². The summed E-state index contributed by atoms with van der Waals surface area (Å²) in [7, 11) is 1.80. The van der Waals surface area contributed by atoms with Crippen LogP contribution in [0.4, 0.5) is 0 Å². The van der Waals surface area contributed by atoms with Gasteiger partial charge in [0.25, 0.3) is 5.56 Å². The van der Waals surface area contributed by atoms with E-state index < -0.39 is 0 Å². The van der Waals surface area contributed by atoms with Crippen molar-refractivity contribution < 1.29 is 0 Å². The summed E-state index contributed by atoms with van der Waals surface area (Å²) in [4.78, 5) is 16.2. The number of thioether (sulfide) groups is 1. The maximum Gasteiger partial charge on any atom is 0.265 e. The van der Waals surface area contributed by atoms with Crippen LogP contribution in [0.5, 0.6) is 0 Å². The van der Waals surface area contributed by atoms with Crippen molar-refractivity contribution >= 4 is 22.8 Å². The van der Waals surface area contributed by atoms with Crippen LogP contribution in [-0.2, 0) is 13.6 Å². The van der Waals surface area contributed by atoms with Crippen LogP contribution in [0.15, 0.2) is 16.1 Å². The lowest BCUT2D eigenvalue weighted by atomic mass is 10.4. The summed E-state index contributed by atoms with van der Waals surface area (Å²) in [5, 5.41) is 5.53. The first-order valence-corrected chi connectivity index (χ1v) is 5.31. The van der Waals surface area contributed by atoms with E-state index in [1.54, 1.807) is 34.3 Å². The Balaban J connectivity index is 2.49. The van der Waals surface area contributed by atoms with Gasteiger partial charge in [0.15, 0.2) is 10.8 Å². The normalized spacial score (nSPS) is 14.9. The Hall–Kier alpha value is -1.30. The Morgan fingerprint density at radius 1 is 1.57 bits per heavy atom. The molecule has 2 aromatic heterocycles. The molecular weight excluding hydrogens is 200 g/mol. The summed E-state index contributed by atoms with van der Waals surface area (Å²) >= 11 is 1.61. The van der Waals surface area contributed by atoms with Crippen molar-refractivity contribution in [3.05, 3.63) is 16.6 Å². The van der Waals surface area contributed by atoms with E-state index in [0.717, 1.165) is 17.5 Å². The van der Waals surface area contributed by atoms with E-state index in [1.165, 1.54) is 0 Å². The molecule has 0 aromatic carbocycles. The fourth-order valence-corrected chi connectivity index (χ4v) is 2.57. The van der Waals surface area contributed by atoms with Gasteiger partial charge in [-0.2, -0.15) is 5.10 Å². The minimum atomic E-state index is 0.0306. The van der Waals surface area contributed by atoms with Crippen LogP contribution >= 0.6 is 11.8 Å². The minimum Gasteiger partial charge on any atom is -0.286 e. The maximum absolute atomic E-state index is 11.9. The molecule has 0 radical (unpaired) electrons. The van der Waals surface area contributed by atoms with Crippen LogP contribution in [-0.4, -0.2) is 25.1 Å². The van der Waals surface area contributed by atoms with E-state index in [0.29, 0.717) is 11.0 Å². The molecule has 0 N–H and O–H groups in total. The van der Waals surface area contributed by atoms with Gasteiger partial charge in [-0.1, -0.05) is 11.8 Å². The minimum absolute atomic E-state index is 0.0306. The summed E-state index contributed by atoms with van der Waals surface area (Å²) in [6.45, 7) is 0.761. The zero-order valence-electron chi connectivity index (χ0n) is 7.60. The second-order valence-corrected chi connectivity index (χ2v) is 4.30. The lowest BCUT2D eigenvalue weighted by Gasteiger charge is -1.98. The van der Waals surface area contributed by atoms with Gasteiger partial charge in [-0.05, 0) is 0 Å². The smallest absolute Gasteiger partial charge is 0.265 e. The number of fused-ring (bicyclic) bond motifs is 2. The van der Waals surface area contributed by atoms with Crippen molar-refractivity contribution in [2.45, 2.75) is 11.7 Å². The Labute approximate surface area is 83.7 Å². The third-order valence-corrected chi connectivity index (χ3v) is 3.22. The standard InChI is InChI=1S/C8H8N4OS/c1-11-4-5-6(10-11)9-8-12(7(5)13)2-3-14-8/h4H,2-3H2,1H3. The van der Waals surface area contributed by atoms with Crippen LogP contribution in [0.3, 0.4) is 0 Å². The Morgan fingerprint density at radius 2 is 2.43 bits per heavy atom. The third kappa shape index (κ3) is 0.942. The van der Waals surface area contributed by atoms with E-state index >= 15 is 0 Å². The van der Waals surface area contributed by atoms with Crippen LogP contribution in [0.25, 0.3) is 11.0 Å². The number of rotatable bonds is 0. The van der Waals surface area contributed by atoms with Gasteiger partial charge < -0.3 is 0 Å². The van der Waals surface area contributed by atoms with E-state index in [9.17, 15) is 4.79 Å². The average Bonchev–Trinajstić information content (AvgIpc) is 2.71. The second-order valence-electron chi connectivity index (χ2n) is 3.24. The van der Waals surface area contributed by atoms with Gasteiger partial charge in [-0.3, -0.25) is 14.0 Å². The highest BCUT2D eigenvalue weighted by molar-refractivity contribution is 7.99. The molecule has 0 atom stereocenters. The first-order valence-electron chi connectivity index (χ1n) is 4.33. The molecule has 0 amide bonds. The highest BCUT2D eigenvalue weighted by atomic mass is 32.2. The van der Waals surface area contributed by atoms with E-state index in [2.05, 4.69) is 10.1 Å². The van der Waals surface area contributed by atoms with Gasteiger partial charge in [-0.15, -0.1) is 0 Å². The summed E-state index contributed by atoms with van der Waals surface area (Å²) in [6, 6.07) is 0. The van der Waals surface area contributed by atoms with Crippen molar-refractivity contribution in [2.75, 3.05) is 5.75 Å². The molecule has 3 rings (SSSR count). The summed E-state index contributed by atoms with van der Waals surface area (Å²) in [6.07, 6.45) is 1.72. The Kier molecular flexibility index (Phi) is 1.49. The molecule has 0 bridgehead atoms. The molecule has 14 heavy (non-hydrogen) atoms. The highest BCUT2D eigenvalue weighted by Gasteiger charge is 2.17. The molecule has 6 heteroatoms. The predicted molar refractivity (Wildman–Crippen MR) is 53.5 cm³/mol. The molecule has 5 nitrogen and oxygen atoms in total. The largest absolute Gasteiger partial charge is 0.286 e. The topological polar surface area (TPSA) is 52.7 Å². The first kappa shape index (κ1) is 8.05. The molecule has 1 aliphatic rings. The van der Waals surface area contributed by atoms with Crippen molar-refractivity contribution in [1.82, 2.24) is 19.3 Å². The molecule has 2 aromatic rings. The monoisotopic (exact) mass is 208 g/mol. The molecule has 0 saturated heterocycles. The number of aryl methyl sites for hydroxylation is 1. The van der Waals surface area contributed by atoms with Crippen molar-refractivity contribution in [3.8, 4) is 0 Å². The van der Waals surface area contributed by atoms with Crippen LogP contribution < -0.4 is 5.56 Å². The highest BCUT2D eigenvalue weighted by Crippen LogP contribution is 2.22. The number of hydrogen-bond donors (Lipinski definition) is 0. The first-order chi connectivity index (χ1) is 6.75. The van der Waals surface area contributed by atoms with Crippen LogP contribution in [0, 0.1) is 0 Å². The molecule has 72 valence electrons. The Morgan fingerprint density at radius 3 is 3.29 bits per heavy atom. The van der Waals surface area contributed by atoms with Crippen LogP contribution in [0.1, 0.15) is 0 Å². The lowest BCUT2D eigenvalue weighted by Crippen LogP contribution is -2.19. The van der Waals surface area contributed by atoms with E-state index in [4.69, 9.17) is 0 Å². The molecule has 0 fully saturated rings. The van der Waals surface area contributed by atoms with Gasteiger partial charge in [0.1, 0.15) is 5.39 Å². The van der Waals surface area contributed by atoms with Gasteiger partial charge in [0.05, 0.1) is 0 Å². The summed E-state index contributed by atoms with van der Waals surface area (Å²) in [5.41, 5.74) is 0.584. The summed E-state index contributed by atoms with van der Waals surface area (Å²) in [5.74, 6) is 0.932. The zero-order valence-corrected chi connectivity index (χ0v) is 8.41. The molecule has 1 aliphatic heterocycles. The molecule has 0 aliphatic carbocycles. The van der Waals surface area contributed by atoms with Crippen molar-refractivity contribution in [1.29, 1.82) is 0 Å². The van der Waals surface area contributed by atoms with Crippen LogP contribution in [0.2, 0.25) is 0 Å². The predicted octanol–water partition coefficient (Wildman–Crippen LogP) is 0.236. The fraction of sp³-hybridized carbons (Fsp3) is 0.375. The van der Waals surface area contributed by atoms with Crippen molar-refractivity contribution in [2.24, 2.45) is 7.05 Å². The summed E-state index contributed by atoms with van der Waals surface area (Å²) < 4.78 is 3.34. The van der Waals surface area contributed by atoms with Gasteiger partial charge in [0, 0.05) is 25.5 Å². The molecule has 0 saturated carbocycles. The molecule has 0 unspecified atom stereocenters. The zero-order chi connectivity index (χ0) is 9.71. The molecule has 3 heterocycles. The van der Waals surface area contributed by atoms with E-state index in [-0.39, 0.29) is 5.56 Å². The fourth-order valence-electron chi connectivity index (χ4n) is 1.63. The van der Waals surface area contributed by atoms with E-state index in [1.807, 2.05) is 0 Å². The quantitative estimate of drug-likeness (QED) is 0.582. The lowest BCUT2D eigenvalue weighted by molar-refractivity contribution is 0.667. The number of nitrogens with zero attached hydrogens (tertiary/aromatic N) is 4. The van der Waals surface area contributed by atoms with Crippen molar-refractivity contribution in [3.63, 3.8) is 0 Å². The number of hydrogen-bond acceptors (Lipinski definition) is 4. The average molecular weight is 208 g/mol. The van der Waals surface area contributed by atoms with Gasteiger partial charge >= 0.3 is 0 Å². The molecule has 0 spiro atoms. The SMILES string of the molecule is Cn1cc2c(=O)n3c(nc2n1)SCC3. The Bertz CT molecular complexity index is 570. The van der Waals surface area contributed by atoms with Gasteiger partial charge in [-0.25, -0.2) is 4.98 Å². The third-order valence-electron chi connectivity index (χ3n) is 2.26. The molecular formula is C8H8N4OS. The maximum atomic E-state index is 11.9. The number of aromatic nitrogens is 4.